The highest BCUT2D eigenvalue weighted by atomic mass is 16.4. The van der Waals surface area contributed by atoms with Gasteiger partial charge in [-0.15, -0.1) is 0 Å². The number of hydrogen-bond acceptors (Lipinski definition) is 2. The van der Waals surface area contributed by atoms with Gasteiger partial charge in [0.2, 0.25) is 0 Å². The van der Waals surface area contributed by atoms with Crippen molar-refractivity contribution in [3.63, 3.8) is 0 Å². The summed E-state index contributed by atoms with van der Waals surface area (Å²) in [5.74, 6) is -0.591. The number of allylic oxidation sites excluding steroid dienone is 1. The molecule has 0 heterocycles. The molecule has 0 aliphatic carbocycles. The molecule has 0 fully saturated rings. The number of benzene rings is 1. The molecule has 0 saturated heterocycles. The van der Waals surface area contributed by atoms with E-state index in [1.54, 1.807) is 13.0 Å². The fourth-order valence-corrected chi connectivity index (χ4v) is 2.59. The van der Waals surface area contributed by atoms with Crippen LogP contribution < -0.4 is 0 Å². The molecule has 0 radical (unpaired) electrons. The van der Waals surface area contributed by atoms with Crippen molar-refractivity contribution in [1.82, 2.24) is 0 Å². The summed E-state index contributed by atoms with van der Waals surface area (Å²) in [6, 6.07) is 5.55. The Morgan fingerprint density at radius 2 is 1.64 bits per heavy atom. The Labute approximate surface area is 133 Å². The Morgan fingerprint density at radius 3 is 2.05 bits per heavy atom. The highest BCUT2D eigenvalue weighted by Crippen LogP contribution is 2.35. The molecule has 0 bridgehead atoms. The highest BCUT2D eigenvalue weighted by Gasteiger charge is 2.24. The molecule has 1 rings (SSSR count). The van der Waals surface area contributed by atoms with Crippen LogP contribution in [0.4, 0.5) is 0 Å². The molecule has 0 saturated carbocycles. The molecule has 0 spiro atoms. The van der Waals surface area contributed by atoms with Gasteiger partial charge in [-0.2, -0.15) is 0 Å². The average Bonchev–Trinajstić information content (AvgIpc) is 2.33. The second-order valence-corrected chi connectivity index (χ2v) is 7.94. The number of carbonyl (C=O) groups is 1. The minimum absolute atomic E-state index is 0.159. The monoisotopic (exact) mass is 304 g/mol. The summed E-state index contributed by atoms with van der Waals surface area (Å²) in [7, 11) is 0. The first kappa shape index (κ1) is 18.3. The molecule has 0 amide bonds. The van der Waals surface area contributed by atoms with Gasteiger partial charge in [0.15, 0.2) is 0 Å². The van der Waals surface area contributed by atoms with Crippen molar-refractivity contribution in [2.75, 3.05) is 0 Å². The van der Waals surface area contributed by atoms with Gasteiger partial charge >= 0.3 is 5.97 Å². The van der Waals surface area contributed by atoms with Crippen LogP contribution >= 0.6 is 0 Å². The molecule has 0 unspecified atom stereocenters. The Bertz CT molecular complexity index is 596. The largest absolute Gasteiger partial charge is 0.508 e. The lowest BCUT2D eigenvalue weighted by atomic mass is 9.79. The summed E-state index contributed by atoms with van der Waals surface area (Å²) in [6.07, 6.45) is 0.574. The van der Waals surface area contributed by atoms with E-state index in [9.17, 15) is 15.0 Å². The molecule has 3 nitrogen and oxygen atoms in total. The molecule has 2 N–H and O–H groups in total. The van der Waals surface area contributed by atoms with Gasteiger partial charge in [0, 0.05) is 5.57 Å². The summed E-state index contributed by atoms with van der Waals surface area (Å²) in [5.41, 5.74) is 2.83. The number of aliphatic carboxylic acids is 1. The van der Waals surface area contributed by atoms with Gasteiger partial charge in [0.25, 0.3) is 0 Å². The molecule has 3 heteroatoms. The third-order valence-corrected chi connectivity index (χ3v) is 3.93. The number of hydrogen-bond donors (Lipinski definition) is 2. The van der Waals surface area contributed by atoms with Crippen LogP contribution in [0.1, 0.15) is 59.6 Å². The lowest BCUT2D eigenvalue weighted by Crippen LogP contribution is -2.18. The number of rotatable bonds is 3. The van der Waals surface area contributed by atoms with Crippen molar-refractivity contribution in [1.29, 1.82) is 0 Å². The summed E-state index contributed by atoms with van der Waals surface area (Å²) in [4.78, 5) is 11.4. The highest BCUT2D eigenvalue weighted by molar-refractivity contribution is 5.87. The van der Waals surface area contributed by atoms with Crippen molar-refractivity contribution in [3.05, 3.63) is 40.5 Å². The van der Waals surface area contributed by atoms with Gasteiger partial charge in [-0.25, -0.2) is 4.79 Å². The lowest BCUT2D eigenvalue weighted by Gasteiger charge is -2.26. The Balaban J connectivity index is 3.33. The zero-order chi connectivity index (χ0) is 17.3. The van der Waals surface area contributed by atoms with E-state index in [1.165, 1.54) is 0 Å². The average molecular weight is 304 g/mol. The van der Waals surface area contributed by atoms with Crippen molar-refractivity contribution in [2.45, 2.75) is 60.3 Å². The Kier molecular flexibility index (Phi) is 5.11. The van der Waals surface area contributed by atoms with E-state index >= 15 is 0 Å². The maximum Gasteiger partial charge on any atom is 0.331 e. The van der Waals surface area contributed by atoms with E-state index in [1.807, 2.05) is 32.9 Å². The smallest absolute Gasteiger partial charge is 0.331 e. The summed E-state index contributed by atoms with van der Waals surface area (Å²) < 4.78 is 0. The molecule has 0 aliphatic heterocycles. The Morgan fingerprint density at radius 1 is 1.09 bits per heavy atom. The number of phenols is 1. The SMILES string of the molecule is C/C(C(=O)O)=C(/Cc1ccc(O)c(C(C)(C)C)c1)C(C)(C)C. The first-order valence-corrected chi connectivity index (χ1v) is 7.60. The number of carboxylic acid groups (broad SMARTS) is 1. The van der Waals surface area contributed by atoms with Gasteiger partial charge in [-0.1, -0.05) is 59.2 Å². The molecule has 0 aliphatic rings. The lowest BCUT2D eigenvalue weighted by molar-refractivity contribution is -0.132. The van der Waals surface area contributed by atoms with Crippen LogP contribution in [0.2, 0.25) is 0 Å². The Hall–Kier alpha value is -1.77. The third-order valence-electron chi connectivity index (χ3n) is 3.93. The number of phenolic OH excluding ortho intramolecular Hbond substituents is 1. The van der Waals surface area contributed by atoms with Crippen LogP contribution in [-0.4, -0.2) is 16.2 Å². The van der Waals surface area contributed by atoms with Crippen molar-refractivity contribution < 1.29 is 15.0 Å². The maximum atomic E-state index is 11.4. The molecule has 1 aromatic rings. The third kappa shape index (κ3) is 4.36. The molecular formula is C19H28O3. The predicted octanol–water partition coefficient (Wildman–Crippen LogP) is 4.68. The fourth-order valence-electron chi connectivity index (χ4n) is 2.59. The van der Waals surface area contributed by atoms with Crippen molar-refractivity contribution >= 4 is 5.97 Å². The topological polar surface area (TPSA) is 57.5 Å². The van der Waals surface area contributed by atoms with E-state index in [-0.39, 0.29) is 16.6 Å². The van der Waals surface area contributed by atoms with Crippen LogP contribution in [0, 0.1) is 5.41 Å². The van der Waals surface area contributed by atoms with E-state index in [0.717, 1.165) is 16.7 Å². The zero-order valence-electron chi connectivity index (χ0n) is 14.7. The van der Waals surface area contributed by atoms with Gasteiger partial charge in [-0.3, -0.25) is 0 Å². The molecule has 0 atom stereocenters. The summed E-state index contributed by atoms with van der Waals surface area (Å²) >= 11 is 0. The first-order valence-electron chi connectivity index (χ1n) is 7.60. The standard InChI is InChI=1S/C19H28O3/c1-12(17(21)22)14(18(2,3)4)10-13-8-9-16(20)15(11-13)19(5,6)7/h8-9,11,20H,10H2,1-7H3,(H,21,22)/b14-12+. The second-order valence-electron chi connectivity index (χ2n) is 7.94. The molecule has 122 valence electrons. The molecule has 1 aromatic carbocycles. The number of aromatic hydroxyl groups is 1. The summed E-state index contributed by atoms with van der Waals surface area (Å²) in [5, 5.41) is 19.4. The van der Waals surface area contributed by atoms with Gasteiger partial charge in [0.1, 0.15) is 5.75 Å². The minimum Gasteiger partial charge on any atom is -0.508 e. The van der Waals surface area contributed by atoms with Crippen LogP contribution in [0.5, 0.6) is 5.75 Å². The fraction of sp³-hybridized carbons (Fsp3) is 0.526. The summed E-state index contributed by atoms with van der Waals surface area (Å²) in [6.45, 7) is 13.9. The van der Waals surface area contributed by atoms with Gasteiger partial charge in [0.05, 0.1) is 0 Å². The van der Waals surface area contributed by atoms with Gasteiger partial charge < -0.3 is 10.2 Å². The van der Waals surface area contributed by atoms with Crippen LogP contribution in [0.15, 0.2) is 29.3 Å². The minimum atomic E-state index is -0.875. The van der Waals surface area contributed by atoms with E-state index in [4.69, 9.17) is 0 Å². The maximum absolute atomic E-state index is 11.4. The zero-order valence-corrected chi connectivity index (χ0v) is 14.7. The number of carboxylic acids is 1. The van der Waals surface area contributed by atoms with Crippen LogP contribution in [-0.2, 0) is 16.6 Å². The van der Waals surface area contributed by atoms with Crippen LogP contribution in [0.25, 0.3) is 0 Å². The van der Waals surface area contributed by atoms with Crippen LogP contribution in [0.3, 0.4) is 0 Å². The predicted molar refractivity (Wildman–Crippen MR) is 90.3 cm³/mol. The van der Waals surface area contributed by atoms with Crippen molar-refractivity contribution in [3.8, 4) is 5.75 Å². The quantitative estimate of drug-likeness (QED) is 0.797. The van der Waals surface area contributed by atoms with E-state index < -0.39 is 5.97 Å². The van der Waals surface area contributed by atoms with E-state index in [0.29, 0.717) is 12.0 Å². The van der Waals surface area contributed by atoms with Gasteiger partial charge in [-0.05, 0) is 41.4 Å². The molecular weight excluding hydrogens is 276 g/mol. The first-order chi connectivity index (χ1) is 9.84. The molecule has 22 heavy (non-hydrogen) atoms. The van der Waals surface area contributed by atoms with Crippen molar-refractivity contribution in [2.24, 2.45) is 5.41 Å². The van der Waals surface area contributed by atoms with E-state index in [2.05, 4.69) is 20.8 Å². The normalized spacial score (nSPS) is 13.8. The molecule has 0 aromatic heterocycles. The second kappa shape index (κ2) is 6.15.